The predicted molar refractivity (Wildman–Crippen MR) is 179 cm³/mol. The van der Waals surface area contributed by atoms with E-state index in [2.05, 4.69) is 33.5 Å². The van der Waals surface area contributed by atoms with Gasteiger partial charge in [-0.25, -0.2) is 22.6 Å². The van der Waals surface area contributed by atoms with E-state index in [9.17, 15) is 32.0 Å². The molecule has 5 atom stereocenters. The average molecular weight is 702 g/mol. The Morgan fingerprint density at radius 1 is 1.17 bits per heavy atom. The maximum atomic E-state index is 14.1. The number of nitrogens with zero attached hydrogens (tertiary/aromatic N) is 2. The summed E-state index contributed by atoms with van der Waals surface area (Å²) < 4.78 is 47.0. The Kier molecular flexibility index (Phi) is 10.7. The quantitative estimate of drug-likeness (QED) is 0.182. The van der Waals surface area contributed by atoms with Crippen molar-refractivity contribution in [2.45, 2.75) is 68.3 Å². The number of hydrogen-bond acceptors (Lipinski definition) is 9. The molecule has 1 aromatic carbocycles. The molecule has 5 unspecified atom stereocenters. The highest BCUT2D eigenvalue weighted by Crippen LogP contribution is 2.46. The molecule has 3 saturated carbocycles. The van der Waals surface area contributed by atoms with Gasteiger partial charge in [-0.3, -0.25) is 24.4 Å². The van der Waals surface area contributed by atoms with E-state index >= 15 is 0 Å². The van der Waals surface area contributed by atoms with E-state index in [4.69, 9.17) is 4.74 Å². The van der Waals surface area contributed by atoms with Crippen LogP contribution < -0.4 is 15.4 Å². The molecule has 48 heavy (non-hydrogen) atoms. The van der Waals surface area contributed by atoms with Gasteiger partial charge < -0.3 is 15.0 Å². The van der Waals surface area contributed by atoms with Crippen LogP contribution in [0.2, 0.25) is 0 Å². The zero-order chi connectivity index (χ0) is 34.6. The molecule has 0 aliphatic heterocycles. The molecule has 12 nitrogen and oxygen atoms in total. The zero-order valence-corrected chi connectivity index (χ0v) is 28.3. The summed E-state index contributed by atoms with van der Waals surface area (Å²) in [5.41, 5.74) is -0.885. The van der Waals surface area contributed by atoms with Gasteiger partial charge in [0.15, 0.2) is 0 Å². The number of rotatable bonds is 15. The maximum Gasteiger partial charge on any atom is 0.411 e. The number of benzene rings is 1. The third-order valence-corrected chi connectivity index (χ3v) is 11.7. The van der Waals surface area contributed by atoms with Crippen molar-refractivity contribution in [1.82, 2.24) is 19.9 Å². The molecule has 3 aliphatic carbocycles. The number of carbonyl (C=O) groups is 4. The molecule has 3 aliphatic rings. The van der Waals surface area contributed by atoms with E-state index in [0.29, 0.717) is 30.0 Å². The normalized spacial score (nSPS) is 24.6. The van der Waals surface area contributed by atoms with E-state index in [1.807, 2.05) is 0 Å². The van der Waals surface area contributed by atoms with E-state index in [1.165, 1.54) is 34.4 Å². The first-order chi connectivity index (χ1) is 22.9. The number of amides is 4. The van der Waals surface area contributed by atoms with Crippen molar-refractivity contribution in [3.05, 3.63) is 60.9 Å². The number of hydrogen-bond donors (Lipinski definition) is 3. The highest BCUT2D eigenvalue weighted by Gasteiger charge is 2.62. The van der Waals surface area contributed by atoms with Crippen LogP contribution in [0.15, 0.2) is 55.1 Å². The fourth-order valence-corrected chi connectivity index (χ4v) is 8.20. The lowest BCUT2D eigenvalue weighted by molar-refractivity contribution is -0.140. The van der Waals surface area contributed by atoms with Gasteiger partial charge in [-0.15, -0.1) is 24.5 Å². The molecule has 3 N–H and O–H groups in total. The van der Waals surface area contributed by atoms with Crippen LogP contribution >= 0.6 is 11.3 Å². The fraction of sp³-hybridized carbons (Fsp3) is 0.485. The molecule has 1 aromatic heterocycles. The number of nitrogens with one attached hydrogen (secondary N) is 3. The molecule has 0 bridgehead atoms. The summed E-state index contributed by atoms with van der Waals surface area (Å²) in [6.07, 6.45) is 6.52. The number of allylic oxidation sites excluding steroid dienone is 1. The standard InChI is InChI=1S/C33H40FN5O7S2/c1-4-6-7-8-14-39(3)30(41)26-18-22(46-32(43)36-27-16-21(34)9-12-24(27)29-35-13-15-47-29)17-25(26)28(40)37-33(19-20(33)5-2)31(42)38-48(44,45)23-10-11-23/h4-5,9,12-13,15-16,20,22-23,25-26H,1-2,6-8,10-11,14,17-19H2,3H3,(H,36,43)(H,37,40)(H,38,42). The third-order valence-electron chi connectivity index (χ3n) is 9.10. The van der Waals surface area contributed by atoms with Gasteiger partial charge in [0, 0.05) is 36.7 Å². The Morgan fingerprint density at radius 2 is 1.92 bits per heavy atom. The molecule has 4 amide bonds. The van der Waals surface area contributed by atoms with Crippen LogP contribution in [-0.4, -0.2) is 72.6 Å². The molecule has 15 heteroatoms. The lowest BCUT2D eigenvalue weighted by atomic mass is 9.93. The Bertz CT molecular complexity index is 1680. The molecule has 258 valence electrons. The van der Waals surface area contributed by atoms with Crippen molar-refractivity contribution < 1.29 is 36.7 Å². The largest absolute Gasteiger partial charge is 0.446 e. The number of ether oxygens (including phenoxy) is 1. The number of aromatic nitrogens is 1. The number of halogens is 1. The third kappa shape index (κ3) is 7.95. The summed E-state index contributed by atoms with van der Waals surface area (Å²) in [5, 5.41) is 6.99. The van der Waals surface area contributed by atoms with Crippen LogP contribution in [0.25, 0.3) is 10.6 Å². The Morgan fingerprint density at radius 3 is 2.56 bits per heavy atom. The van der Waals surface area contributed by atoms with Gasteiger partial charge in [0.2, 0.25) is 21.8 Å². The van der Waals surface area contributed by atoms with E-state index < -0.39 is 68.4 Å². The maximum absolute atomic E-state index is 14.1. The van der Waals surface area contributed by atoms with Gasteiger partial charge in [0.25, 0.3) is 5.91 Å². The summed E-state index contributed by atoms with van der Waals surface area (Å²) in [5.74, 6) is -4.74. The molecule has 1 heterocycles. The van der Waals surface area contributed by atoms with Crippen LogP contribution in [0.1, 0.15) is 51.4 Å². The molecule has 0 radical (unpaired) electrons. The van der Waals surface area contributed by atoms with Gasteiger partial charge in [-0.05, 0) is 69.6 Å². The number of unbranched alkanes of at least 4 members (excludes halogenated alkanes) is 2. The van der Waals surface area contributed by atoms with E-state index in [0.717, 1.165) is 25.3 Å². The van der Waals surface area contributed by atoms with Crippen molar-refractivity contribution in [3.8, 4) is 10.6 Å². The Hall–Kier alpha value is -4.11. The topological polar surface area (TPSA) is 164 Å². The van der Waals surface area contributed by atoms with E-state index in [1.54, 1.807) is 24.7 Å². The van der Waals surface area contributed by atoms with Crippen LogP contribution in [0.3, 0.4) is 0 Å². The summed E-state index contributed by atoms with van der Waals surface area (Å²) >= 11 is 1.31. The second-order valence-electron chi connectivity index (χ2n) is 12.6. The van der Waals surface area contributed by atoms with Crippen molar-refractivity contribution in [3.63, 3.8) is 0 Å². The first kappa shape index (κ1) is 35.2. The minimum Gasteiger partial charge on any atom is -0.446 e. The molecule has 2 aromatic rings. The van der Waals surface area contributed by atoms with Crippen molar-refractivity contribution >= 4 is 50.9 Å². The van der Waals surface area contributed by atoms with E-state index in [-0.39, 0.29) is 30.9 Å². The number of carbonyl (C=O) groups excluding carboxylic acids is 4. The van der Waals surface area contributed by atoms with Gasteiger partial charge >= 0.3 is 6.09 Å². The van der Waals surface area contributed by atoms with Crippen molar-refractivity contribution in [2.75, 3.05) is 18.9 Å². The predicted octanol–water partition coefficient (Wildman–Crippen LogP) is 4.38. The smallest absolute Gasteiger partial charge is 0.411 e. The summed E-state index contributed by atoms with van der Waals surface area (Å²) in [4.78, 5) is 59.7. The first-order valence-electron chi connectivity index (χ1n) is 15.9. The molecule has 5 rings (SSSR count). The minimum absolute atomic E-state index is 0.0285. The summed E-state index contributed by atoms with van der Waals surface area (Å²) in [6, 6.07) is 3.90. The SMILES string of the molecule is C=CCCCCN(C)C(=O)C1CC(OC(=O)Nc2cc(F)ccc2-c2nccs2)CC1C(=O)NC1(C(=O)NS(=O)(=O)C2CC2)CC1C=C. The molecule has 0 saturated heterocycles. The van der Waals surface area contributed by atoms with Crippen LogP contribution in [-0.2, 0) is 29.1 Å². The molecular weight excluding hydrogens is 662 g/mol. The first-order valence-corrected chi connectivity index (χ1v) is 18.3. The highest BCUT2D eigenvalue weighted by molar-refractivity contribution is 7.91. The lowest BCUT2D eigenvalue weighted by Gasteiger charge is -2.26. The number of anilines is 1. The van der Waals surface area contributed by atoms with Crippen molar-refractivity contribution in [1.29, 1.82) is 0 Å². The summed E-state index contributed by atoms with van der Waals surface area (Å²) in [6.45, 7) is 7.88. The molecular formula is C33H40FN5O7S2. The summed E-state index contributed by atoms with van der Waals surface area (Å²) in [7, 11) is -2.23. The number of thiazole rings is 1. The van der Waals surface area contributed by atoms with Crippen molar-refractivity contribution in [2.24, 2.45) is 17.8 Å². The fourth-order valence-electron chi connectivity index (χ4n) is 6.16. The number of sulfonamides is 1. The second-order valence-corrected chi connectivity index (χ2v) is 15.4. The average Bonchev–Trinajstić information content (AvgIpc) is 3.92. The van der Waals surface area contributed by atoms with Gasteiger partial charge in [0.05, 0.1) is 22.8 Å². The van der Waals surface area contributed by atoms with Crippen LogP contribution in [0.5, 0.6) is 0 Å². The van der Waals surface area contributed by atoms with Gasteiger partial charge in [0.1, 0.15) is 22.5 Å². The Labute approximate surface area is 283 Å². The molecule has 3 fully saturated rings. The monoisotopic (exact) mass is 701 g/mol. The van der Waals surface area contributed by atoms with Gasteiger partial charge in [-0.2, -0.15) is 0 Å². The Balaban J connectivity index is 1.31. The molecule has 0 spiro atoms. The lowest BCUT2D eigenvalue weighted by Crippen LogP contribution is -2.54. The van der Waals surface area contributed by atoms with Gasteiger partial charge in [-0.1, -0.05) is 12.2 Å². The zero-order valence-electron chi connectivity index (χ0n) is 26.7. The second kappa shape index (κ2) is 14.6. The van der Waals surface area contributed by atoms with Crippen LogP contribution in [0.4, 0.5) is 14.9 Å². The van der Waals surface area contributed by atoms with Crippen LogP contribution in [0, 0.1) is 23.6 Å². The minimum atomic E-state index is -3.88. The highest BCUT2D eigenvalue weighted by atomic mass is 32.2.